The van der Waals surface area contributed by atoms with E-state index in [1.165, 1.54) is 5.56 Å². The SMILES string of the molecule is CC(=O)N1CCCC(c2nc(Nc3cccc(C)c3)cc(-c3cncc(C)c3)n2)C1. The van der Waals surface area contributed by atoms with Crippen LogP contribution >= 0.6 is 0 Å². The number of benzene rings is 1. The van der Waals surface area contributed by atoms with Crippen molar-refractivity contribution in [2.75, 3.05) is 18.4 Å². The number of aromatic nitrogens is 3. The number of anilines is 2. The van der Waals surface area contributed by atoms with E-state index >= 15 is 0 Å². The molecule has 3 aromatic rings. The van der Waals surface area contributed by atoms with Crippen LogP contribution in [0.1, 0.15) is 42.6 Å². The molecular weight excluding hydrogens is 374 g/mol. The first-order chi connectivity index (χ1) is 14.5. The van der Waals surface area contributed by atoms with Crippen molar-refractivity contribution >= 4 is 17.4 Å². The smallest absolute Gasteiger partial charge is 0.219 e. The van der Waals surface area contributed by atoms with Crippen LogP contribution in [0.2, 0.25) is 0 Å². The Bertz CT molecular complexity index is 1060. The van der Waals surface area contributed by atoms with Gasteiger partial charge in [0.25, 0.3) is 0 Å². The molecule has 6 heteroatoms. The third kappa shape index (κ3) is 4.64. The van der Waals surface area contributed by atoms with Gasteiger partial charge in [-0.05, 0) is 56.0 Å². The Morgan fingerprint density at radius 1 is 1.10 bits per heavy atom. The highest BCUT2D eigenvalue weighted by Gasteiger charge is 2.26. The normalized spacial score (nSPS) is 16.4. The lowest BCUT2D eigenvalue weighted by atomic mass is 9.96. The molecule has 3 heterocycles. The number of hydrogen-bond acceptors (Lipinski definition) is 5. The van der Waals surface area contributed by atoms with Crippen LogP contribution in [-0.2, 0) is 4.79 Å². The zero-order chi connectivity index (χ0) is 21.1. The van der Waals surface area contributed by atoms with E-state index < -0.39 is 0 Å². The molecule has 30 heavy (non-hydrogen) atoms. The van der Waals surface area contributed by atoms with E-state index in [2.05, 4.69) is 35.4 Å². The molecule has 6 nitrogen and oxygen atoms in total. The summed E-state index contributed by atoms with van der Waals surface area (Å²) in [7, 11) is 0. The van der Waals surface area contributed by atoms with Crippen LogP contribution < -0.4 is 5.32 Å². The van der Waals surface area contributed by atoms with Crippen LogP contribution in [0.15, 0.2) is 48.8 Å². The van der Waals surface area contributed by atoms with Crippen LogP contribution in [0.5, 0.6) is 0 Å². The summed E-state index contributed by atoms with van der Waals surface area (Å²) in [5, 5.41) is 3.43. The van der Waals surface area contributed by atoms with E-state index in [-0.39, 0.29) is 11.8 Å². The van der Waals surface area contributed by atoms with Crippen LogP contribution in [0.25, 0.3) is 11.3 Å². The molecule has 1 saturated heterocycles. The molecule has 1 fully saturated rings. The van der Waals surface area contributed by atoms with Gasteiger partial charge in [-0.1, -0.05) is 12.1 Å². The highest BCUT2D eigenvalue weighted by Crippen LogP contribution is 2.29. The number of rotatable bonds is 4. The van der Waals surface area contributed by atoms with Crippen molar-refractivity contribution < 1.29 is 4.79 Å². The number of hydrogen-bond donors (Lipinski definition) is 1. The van der Waals surface area contributed by atoms with Gasteiger partial charge in [0.1, 0.15) is 11.6 Å². The van der Waals surface area contributed by atoms with Gasteiger partial charge in [-0.3, -0.25) is 9.78 Å². The summed E-state index contributed by atoms with van der Waals surface area (Å²) in [5.41, 5.74) is 5.06. The van der Waals surface area contributed by atoms with Gasteiger partial charge in [0.15, 0.2) is 0 Å². The molecule has 1 N–H and O–H groups in total. The van der Waals surface area contributed by atoms with Gasteiger partial charge in [0, 0.05) is 55.6 Å². The number of amides is 1. The Hall–Kier alpha value is -3.28. The molecule has 0 aliphatic carbocycles. The minimum atomic E-state index is 0.108. The first-order valence-corrected chi connectivity index (χ1v) is 10.4. The van der Waals surface area contributed by atoms with Crippen molar-refractivity contribution in [3.63, 3.8) is 0 Å². The third-order valence-electron chi connectivity index (χ3n) is 5.44. The summed E-state index contributed by atoms with van der Waals surface area (Å²) >= 11 is 0. The lowest BCUT2D eigenvalue weighted by molar-refractivity contribution is -0.130. The highest BCUT2D eigenvalue weighted by atomic mass is 16.2. The van der Waals surface area contributed by atoms with Gasteiger partial charge in [0.05, 0.1) is 5.69 Å². The molecule has 1 aromatic carbocycles. The van der Waals surface area contributed by atoms with Gasteiger partial charge in [-0.2, -0.15) is 0 Å². The van der Waals surface area contributed by atoms with E-state index in [9.17, 15) is 4.79 Å². The maximum Gasteiger partial charge on any atom is 0.219 e. The summed E-state index contributed by atoms with van der Waals surface area (Å²) in [6.07, 6.45) is 5.61. The maximum atomic E-state index is 11.9. The van der Waals surface area contributed by atoms with E-state index in [4.69, 9.17) is 9.97 Å². The van der Waals surface area contributed by atoms with Crippen molar-refractivity contribution in [1.29, 1.82) is 0 Å². The van der Waals surface area contributed by atoms with Crippen LogP contribution in [0.3, 0.4) is 0 Å². The second kappa shape index (κ2) is 8.61. The number of likely N-dealkylation sites (tertiary alicyclic amines) is 1. The fourth-order valence-corrected chi connectivity index (χ4v) is 3.90. The molecule has 1 atom stereocenters. The van der Waals surface area contributed by atoms with E-state index in [1.54, 1.807) is 6.92 Å². The number of aryl methyl sites for hydroxylation is 2. The lowest BCUT2D eigenvalue weighted by Crippen LogP contribution is -2.38. The minimum absolute atomic E-state index is 0.108. The van der Waals surface area contributed by atoms with Crippen molar-refractivity contribution in [1.82, 2.24) is 19.9 Å². The monoisotopic (exact) mass is 401 g/mol. The molecule has 0 radical (unpaired) electrons. The lowest BCUT2D eigenvalue weighted by Gasteiger charge is -2.31. The fourth-order valence-electron chi connectivity index (χ4n) is 3.90. The Morgan fingerprint density at radius 3 is 2.73 bits per heavy atom. The molecule has 4 rings (SSSR count). The largest absolute Gasteiger partial charge is 0.342 e. The number of piperidine rings is 1. The van der Waals surface area contributed by atoms with Gasteiger partial charge >= 0.3 is 0 Å². The second-order valence-electron chi connectivity index (χ2n) is 8.05. The van der Waals surface area contributed by atoms with Crippen molar-refractivity contribution in [2.24, 2.45) is 0 Å². The summed E-state index contributed by atoms with van der Waals surface area (Å²) in [6, 6.07) is 12.3. The molecule has 1 aliphatic rings. The first kappa shape index (κ1) is 20.0. The van der Waals surface area contributed by atoms with Gasteiger partial charge in [-0.15, -0.1) is 0 Å². The molecular formula is C24H27N5O. The van der Waals surface area contributed by atoms with E-state index in [1.807, 2.05) is 42.4 Å². The Balaban J connectivity index is 1.73. The van der Waals surface area contributed by atoms with Crippen molar-refractivity contribution in [2.45, 2.75) is 39.5 Å². The quantitative estimate of drug-likeness (QED) is 0.690. The molecule has 1 unspecified atom stereocenters. The van der Waals surface area contributed by atoms with Crippen molar-refractivity contribution in [3.05, 3.63) is 65.7 Å². The number of nitrogens with zero attached hydrogens (tertiary/aromatic N) is 4. The average Bonchev–Trinajstić information content (AvgIpc) is 2.73. The van der Waals surface area contributed by atoms with E-state index in [0.29, 0.717) is 6.54 Å². The van der Waals surface area contributed by atoms with Crippen LogP contribution in [0, 0.1) is 13.8 Å². The second-order valence-corrected chi connectivity index (χ2v) is 8.05. The predicted molar refractivity (Wildman–Crippen MR) is 119 cm³/mol. The summed E-state index contributed by atoms with van der Waals surface area (Å²) in [6.45, 7) is 7.19. The van der Waals surface area contributed by atoms with Gasteiger partial charge < -0.3 is 10.2 Å². The molecule has 2 aromatic heterocycles. The fraction of sp³-hybridized carbons (Fsp3) is 0.333. The van der Waals surface area contributed by atoms with Crippen molar-refractivity contribution in [3.8, 4) is 11.3 Å². The number of carbonyl (C=O) groups is 1. The molecule has 0 spiro atoms. The topological polar surface area (TPSA) is 71.0 Å². The molecule has 0 bridgehead atoms. The summed E-state index contributed by atoms with van der Waals surface area (Å²) in [5.74, 6) is 1.76. The Morgan fingerprint density at radius 2 is 1.97 bits per heavy atom. The van der Waals surface area contributed by atoms with Gasteiger partial charge in [-0.25, -0.2) is 9.97 Å². The third-order valence-corrected chi connectivity index (χ3v) is 5.44. The molecule has 1 aliphatic heterocycles. The van der Waals surface area contributed by atoms with Crippen LogP contribution in [-0.4, -0.2) is 38.8 Å². The zero-order valence-electron chi connectivity index (χ0n) is 17.7. The standard InChI is InChI=1S/C24H27N5O/c1-16-6-4-8-21(11-16)26-23-12-22(20-10-17(2)13-25-14-20)27-24(28-23)19-7-5-9-29(15-19)18(3)30/h4,6,8,10-14,19H,5,7,9,15H2,1-3H3,(H,26,27,28). The Kier molecular flexibility index (Phi) is 5.74. The maximum absolute atomic E-state index is 11.9. The minimum Gasteiger partial charge on any atom is -0.342 e. The highest BCUT2D eigenvalue weighted by molar-refractivity contribution is 5.73. The molecule has 1 amide bonds. The zero-order valence-corrected chi connectivity index (χ0v) is 17.7. The first-order valence-electron chi connectivity index (χ1n) is 10.4. The van der Waals surface area contributed by atoms with E-state index in [0.717, 1.165) is 53.5 Å². The predicted octanol–water partition coefficient (Wildman–Crippen LogP) is 4.62. The molecule has 0 saturated carbocycles. The number of pyridine rings is 1. The number of carbonyl (C=O) groups excluding carboxylic acids is 1. The summed E-state index contributed by atoms with van der Waals surface area (Å²) in [4.78, 5) is 27.9. The number of nitrogens with one attached hydrogen (secondary N) is 1. The molecule has 154 valence electrons. The van der Waals surface area contributed by atoms with Crippen LogP contribution in [0.4, 0.5) is 11.5 Å². The Labute approximate surface area is 177 Å². The summed E-state index contributed by atoms with van der Waals surface area (Å²) < 4.78 is 0. The average molecular weight is 402 g/mol. The van der Waals surface area contributed by atoms with Gasteiger partial charge in [0.2, 0.25) is 5.91 Å².